The molecule has 0 saturated heterocycles. The van der Waals surface area contributed by atoms with Crippen LogP contribution in [0.3, 0.4) is 0 Å². The molecule has 1 aliphatic heterocycles. The number of unbranched alkanes of at least 4 members (excludes halogenated alkanes) is 1. The minimum Gasteiger partial charge on any atom is -0.325 e. The van der Waals surface area contributed by atoms with Gasteiger partial charge < -0.3 is 5.32 Å². The van der Waals surface area contributed by atoms with E-state index in [1.54, 1.807) is 0 Å². The summed E-state index contributed by atoms with van der Waals surface area (Å²) in [6.07, 6.45) is 3.23. The SMILES string of the molecule is CCCCc1cc(F)cc2c1NC(=O)C2. The monoisotopic (exact) mass is 207 g/mol. The Morgan fingerprint density at radius 1 is 1.47 bits per heavy atom. The molecule has 0 fully saturated rings. The Hall–Kier alpha value is -1.38. The molecule has 0 spiro atoms. The largest absolute Gasteiger partial charge is 0.325 e. The maximum atomic E-state index is 13.2. The predicted octanol–water partition coefficient (Wildman–Crippen LogP) is 2.66. The van der Waals surface area contributed by atoms with Gasteiger partial charge in [0.1, 0.15) is 5.82 Å². The summed E-state index contributed by atoms with van der Waals surface area (Å²) < 4.78 is 13.2. The minimum absolute atomic E-state index is 0.0339. The van der Waals surface area contributed by atoms with Crippen molar-refractivity contribution < 1.29 is 9.18 Å². The van der Waals surface area contributed by atoms with Gasteiger partial charge in [-0.3, -0.25) is 4.79 Å². The first kappa shape index (κ1) is 10.1. The van der Waals surface area contributed by atoms with Gasteiger partial charge in [-0.05, 0) is 36.1 Å². The molecule has 0 unspecified atom stereocenters. The van der Waals surface area contributed by atoms with Crippen LogP contribution in [-0.4, -0.2) is 5.91 Å². The van der Waals surface area contributed by atoms with Crippen LogP contribution in [0.15, 0.2) is 12.1 Å². The Morgan fingerprint density at radius 2 is 2.27 bits per heavy atom. The van der Waals surface area contributed by atoms with Crippen LogP contribution in [0.25, 0.3) is 0 Å². The number of rotatable bonds is 3. The Labute approximate surface area is 88.5 Å². The number of fused-ring (bicyclic) bond motifs is 1. The molecule has 80 valence electrons. The third-order valence-corrected chi connectivity index (χ3v) is 2.68. The maximum absolute atomic E-state index is 13.2. The normalized spacial score (nSPS) is 13.9. The highest BCUT2D eigenvalue weighted by atomic mass is 19.1. The summed E-state index contributed by atoms with van der Waals surface area (Å²) in [6, 6.07) is 2.97. The van der Waals surface area contributed by atoms with Crippen LogP contribution in [0.2, 0.25) is 0 Å². The number of hydrogen-bond acceptors (Lipinski definition) is 1. The van der Waals surface area contributed by atoms with E-state index in [1.165, 1.54) is 12.1 Å². The average Bonchev–Trinajstić information content (AvgIpc) is 2.54. The summed E-state index contributed by atoms with van der Waals surface area (Å²) in [5, 5.41) is 2.80. The Kier molecular flexibility index (Phi) is 2.71. The van der Waals surface area contributed by atoms with E-state index in [0.29, 0.717) is 6.42 Å². The van der Waals surface area contributed by atoms with E-state index < -0.39 is 0 Å². The Balaban J connectivity index is 2.34. The second-order valence-corrected chi connectivity index (χ2v) is 3.93. The van der Waals surface area contributed by atoms with Crippen LogP contribution >= 0.6 is 0 Å². The highest BCUT2D eigenvalue weighted by Crippen LogP contribution is 2.29. The number of carbonyl (C=O) groups is 1. The highest BCUT2D eigenvalue weighted by Gasteiger charge is 2.21. The van der Waals surface area contributed by atoms with Crippen molar-refractivity contribution in [1.82, 2.24) is 0 Å². The first-order valence-corrected chi connectivity index (χ1v) is 5.32. The molecule has 3 heteroatoms. The van der Waals surface area contributed by atoms with Crippen molar-refractivity contribution >= 4 is 11.6 Å². The van der Waals surface area contributed by atoms with Gasteiger partial charge in [-0.1, -0.05) is 13.3 Å². The van der Waals surface area contributed by atoms with Crippen molar-refractivity contribution in [2.45, 2.75) is 32.6 Å². The lowest BCUT2D eigenvalue weighted by Gasteiger charge is -2.07. The molecule has 0 aromatic heterocycles. The van der Waals surface area contributed by atoms with Gasteiger partial charge in [0.05, 0.1) is 6.42 Å². The van der Waals surface area contributed by atoms with Crippen molar-refractivity contribution in [3.8, 4) is 0 Å². The van der Waals surface area contributed by atoms with E-state index in [9.17, 15) is 9.18 Å². The summed E-state index contributed by atoms with van der Waals surface area (Å²) in [5.41, 5.74) is 2.57. The lowest BCUT2D eigenvalue weighted by molar-refractivity contribution is -0.115. The fourth-order valence-electron chi connectivity index (χ4n) is 1.95. The Bertz CT molecular complexity index is 401. The molecule has 0 atom stereocenters. The number of aryl methyl sites for hydroxylation is 1. The number of amides is 1. The zero-order valence-corrected chi connectivity index (χ0v) is 8.77. The van der Waals surface area contributed by atoms with E-state index in [1.807, 2.05) is 0 Å². The maximum Gasteiger partial charge on any atom is 0.228 e. The van der Waals surface area contributed by atoms with Gasteiger partial charge in [-0.25, -0.2) is 4.39 Å². The fraction of sp³-hybridized carbons (Fsp3) is 0.417. The zero-order chi connectivity index (χ0) is 10.8. The van der Waals surface area contributed by atoms with Gasteiger partial charge in [0.15, 0.2) is 0 Å². The number of halogens is 1. The first-order chi connectivity index (χ1) is 7.20. The van der Waals surface area contributed by atoms with Crippen LogP contribution in [0.5, 0.6) is 0 Å². The molecular weight excluding hydrogens is 193 g/mol. The molecule has 1 aliphatic rings. The summed E-state index contributed by atoms with van der Waals surface area (Å²) in [5.74, 6) is -0.273. The molecule has 0 radical (unpaired) electrons. The zero-order valence-electron chi connectivity index (χ0n) is 8.77. The highest BCUT2D eigenvalue weighted by molar-refractivity contribution is 6.00. The summed E-state index contributed by atoms with van der Waals surface area (Å²) in [4.78, 5) is 11.2. The lowest BCUT2D eigenvalue weighted by atomic mass is 10.0. The lowest BCUT2D eigenvalue weighted by Crippen LogP contribution is -2.05. The van der Waals surface area contributed by atoms with Crippen LogP contribution in [-0.2, 0) is 17.6 Å². The van der Waals surface area contributed by atoms with Gasteiger partial charge in [-0.15, -0.1) is 0 Å². The topological polar surface area (TPSA) is 29.1 Å². The van der Waals surface area contributed by atoms with Crippen LogP contribution in [0.4, 0.5) is 10.1 Å². The van der Waals surface area contributed by atoms with Crippen molar-refractivity contribution in [2.75, 3.05) is 5.32 Å². The minimum atomic E-state index is -0.239. The number of hydrogen-bond donors (Lipinski definition) is 1. The fourth-order valence-corrected chi connectivity index (χ4v) is 1.95. The predicted molar refractivity (Wildman–Crippen MR) is 57.3 cm³/mol. The van der Waals surface area contributed by atoms with E-state index in [-0.39, 0.29) is 11.7 Å². The van der Waals surface area contributed by atoms with Gasteiger partial charge in [-0.2, -0.15) is 0 Å². The molecule has 2 nitrogen and oxygen atoms in total. The summed E-state index contributed by atoms with van der Waals surface area (Å²) in [6.45, 7) is 2.10. The van der Waals surface area contributed by atoms with Crippen molar-refractivity contribution in [2.24, 2.45) is 0 Å². The molecule has 1 aromatic rings. The molecule has 1 heterocycles. The van der Waals surface area contributed by atoms with E-state index in [2.05, 4.69) is 12.2 Å². The first-order valence-electron chi connectivity index (χ1n) is 5.32. The van der Waals surface area contributed by atoms with Crippen molar-refractivity contribution in [3.05, 3.63) is 29.1 Å². The molecule has 1 amide bonds. The molecule has 15 heavy (non-hydrogen) atoms. The van der Waals surface area contributed by atoms with Crippen LogP contribution < -0.4 is 5.32 Å². The standard InChI is InChI=1S/C12H14FNO/c1-2-3-4-8-5-10(13)6-9-7-11(15)14-12(8)9/h5-6H,2-4,7H2,1H3,(H,14,15). The van der Waals surface area contributed by atoms with Crippen LogP contribution in [0.1, 0.15) is 30.9 Å². The molecule has 0 aliphatic carbocycles. The number of carbonyl (C=O) groups excluding carboxylic acids is 1. The molecular formula is C12H14FNO. The average molecular weight is 207 g/mol. The van der Waals surface area contributed by atoms with E-state index in [4.69, 9.17) is 0 Å². The summed E-state index contributed by atoms with van der Waals surface area (Å²) >= 11 is 0. The number of anilines is 1. The summed E-state index contributed by atoms with van der Waals surface area (Å²) in [7, 11) is 0. The number of nitrogens with one attached hydrogen (secondary N) is 1. The van der Waals surface area contributed by atoms with Gasteiger partial charge >= 0.3 is 0 Å². The van der Waals surface area contributed by atoms with Gasteiger partial charge in [0.25, 0.3) is 0 Å². The quantitative estimate of drug-likeness (QED) is 0.811. The van der Waals surface area contributed by atoms with Crippen molar-refractivity contribution in [3.63, 3.8) is 0 Å². The second kappa shape index (κ2) is 4.01. The smallest absolute Gasteiger partial charge is 0.228 e. The van der Waals surface area contributed by atoms with Crippen molar-refractivity contribution in [1.29, 1.82) is 0 Å². The molecule has 1 N–H and O–H groups in total. The van der Waals surface area contributed by atoms with E-state index in [0.717, 1.165) is 36.1 Å². The molecule has 0 saturated carbocycles. The molecule has 2 rings (SSSR count). The molecule has 0 bridgehead atoms. The second-order valence-electron chi connectivity index (χ2n) is 3.93. The van der Waals surface area contributed by atoms with Crippen LogP contribution in [0, 0.1) is 5.82 Å². The third kappa shape index (κ3) is 2.01. The molecule has 1 aromatic carbocycles. The third-order valence-electron chi connectivity index (χ3n) is 2.68. The number of benzene rings is 1. The van der Waals surface area contributed by atoms with Gasteiger partial charge in [0, 0.05) is 5.69 Å². The van der Waals surface area contributed by atoms with Gasteiger partial charge in [0.2, 0.25) is 5.91 Å². The van der Waals surface area contributed by atoms with E-state index >= 15 is 0 Å². The Morgan fingerprint density at radius 3 is 3.00 bits per heavy atom.